The van der Waals surface area contributed by atoms with Crippen LogP contribution in [0.2, 0.25) is 0 Å². The van der Waals surface area contributed by atoms with E-state index in [0.29, 0.717) is 5.69 Å². The summed E-state index contributed by atoms with van der Waals surface area (Å²) in [5, 5.41) is 14.4. The minimum absolute atomic E-state index is 0.0304. The van der Waals surface area contributed by atoms with Crippen LogP contribution in [-0.4, -0.2) is 31.6 Å². The molecule has 110 valence electrons. The Morgan fingerprint density at radius 2 is 1.85 bits per heavy atom. The van der Waals surface area contributed by atoms with Crippen molar-refractivity contribution in [1.82, 2.24) is 0 Å². The highest BCUT2D eigenvalue weighted by Crippen LogP contribution is 2.33. The molecule has 1 heterocycles. The number of carbonyl (C=O) groups is 1. The standard InChI is InChI=1S/C13H18N2O4S/c1-8-3-4-9(2)15(8)12-6-5-10(20(14,18)19)7-11(12)13(16)17/h5-9H,3-4H2,1-2H3,(H,16,17)(H2,14,18,19). The molecule has 0 spiro atoms. The number of sulfonamides is 1. The minimum Gasteiger partial charge on any atom is -0.478 e. The molecule has 3 N–H and O–H groups in total. The van der Waals surface area contributed by atoms with Crippen molar-refractivity contribution in [2.45, 2.75) is 43.7 Å². The molecular formula is C13H18N2O4S. The van der Waals surface area contributed by atoms with Gasteiger partial charge in [0.05, 0.1) is 16.1 Å². The smallest absolute Gasteiger partial charge is 0.337 e. The summed E-state index contributed by atoms with van der Waals surface area (Å²) in [6.07, 6.45) is 1.97. The van der Waals surface area contributed by atoms with Gasteiger partial charge in [-0.25, -0.2) is 18.4 Å². The zero-order valence-corrected chi connectivity index (χ0v) is 12.2. The van der Waals surface area contributed by atoms with E-state index in [9.17, 15) is 18.3 Å². The first-order valence-electron chi connectivity index (χ1n) is 6.40. The number of nitrogens with two attached hydrogens (primary N) is 1. The summed E-state index contributed by atoms with van der Waals surface area (Å²) in [5.74, 6) is -1.16. The second kappa shape index (κ2) is 5.06. The minimum atomic E-state index is -3.91. The summed E-state index contributed by atoms with van der Waals surface area (Å²) in [4.78, 5) is 13.3. The van der Waals surface area contributed by atoms with Gasteiger partial charge in [-0.1, -0.05) is 0 Å². The van der Waals surface area contributed by atoms with Gasteiger partial charge >= 0.3 is 5.97 Å². The average Bonchev–Trinajstić information content (AvgIpc) is 2.67. The van der Waals surface area contributed by atoms with Crippen molar-refractivity contribution in [2.24, 2.45) is 5.14 Å². The normalized spacial score (nSPS) is 23.1. The van der Waals surface area contributed by atoms with E-state index in [0.717, 1.165) is 18.9 Å². The summed E-state index contributed by atoms with van der Waals surface area (Å²) in [6.45, 7) is 4.06. The van der Waals surface area contributed by atoms with Crippen molar-refractivity contribution in [1.29, 1.82) is 0 Å². The maximum Gasteiger partial charge on any atom is 0.337 e. The van der Waals surface area contributed by atoms with E-state index in [1.165, 1.54) is 12.1 Å². The molecule has 0 radical (unpaired) electrons. The van der Waals surface area contributed by atoms with Gasteiger partial charge in [-0.05, 0) is 44.9 Å². The van der Waals surface area contributed by atoms with Crippen molar-refractivity contribution < 1.29 is 18.3 Å². The van der Waals surface area contributed by atoms with Gasteiger partial charge in [-0.2, -0.15) is 0 Å². The highest BCUT2D eigenvalue weighted by Gasteiger charge is 2.30. The molecule has 1 saturated heterocycles. The summed E-state index contributed by atoms with van der Waals surface area (Å²) in [5.41, 5.74) is 0.513. The lowest BCUT2D eigenvalue weighted by atomic mass is 10.1. The van der Waals surface area contributed by atoms with Crippen LogP contribution in [0.4, 0.5) is 5.69 Å². The molecule has 7 heteroatoms. The van der Waals surface area contributed by atoms with Gasteiger partial charge in [-0.3, -0.25) is 0 Å². The predicted octanol–water partition coefficient (Wildman–Crippen LogP) is 1.41. The van der Waals surface area contributed by atoms with Crippen LogP contribution >= 0.6 is 0 Å². The Morgan fingerprint density at radius 3 is 2.30 bits per heavy atom. The molecule has 1 aliphatic rings. The predicted molar refractivity (Wildman–Crippen MR) is 75.4 cm³/mol. The lowest BCUT2D eigenvalue weighted by molar-refractivity contribution is 0.0697. The summed E-state index contributed by atoms with van der Waals surface area (Å²) in [7, 11) is -3.91. The molecule has 0 aliphatic carbocycles. The maximum absolute atomic E-state index is 11.4. The van der Waals surface area contributed by atoms with E-state index in [1.54, 1.807) is 0 Å². The fourth-order valence-electron chi connectivity index (χ4n) is 2.76. The van der Waals surface area contributed by atoms with Crippen molar-refractivity contribution in [3.63, 3.8) is 0 Å². The van der Waals surface area contributed by atoms with E-state index in [-0.39, 0.29) is 22.5 Å². The van der Waals surface area contributed by atoms with Crippen LogP contribution < -0.4 is 10.0 Å². The van der Waals surface area contributed by atoms with Gasteiger partial charge in [0.1, 0.15) is 0 Å². The Labute approximate surface area is 118 Å². The van der Waals surface area contributed by atoms with Crippen LogP contribution in [0.5, 0.6) is 0 Å². The van der Waals surface area contributed by atoms with Gasteiger partial charge in [-0.15, -0.1) is 0 Å². The lowest BCUT2D eigenvalue weighted by Gasteiger charge is -2.30. The second-order valence-electron chi connectivity index (χ2n) is 5.21. The number of carboxylic acid groups (broad SMARTS) is 1. The van der Waals surface area contributed by atoms with Crippen LogP contribution in [0, 0.1) is 0 Å². The molecule has 1 aliphatic heterocycles. The van der Waals surface area contributed by atoms with E-state index in [2.05, 4.69) is 0 Å². The molecule has 0 amide bonds. The molecule has 2 unspecified atom stereocenters. The Bertz CT molecular complexity index is 632. The highest BCUT2D eigenvalue weighted by atomic mass is 32.2. The third-order valence-electron chi connectivity index (χ3n) is 3.76. The third-order valence-corrected chi connectivity index (χ3v) is 4.67. The Kier molecular flexibility index (Phi) is 3.75. The Hall–Kier alpha value is -1.60. The monoisotopic (exact) mass is 298 g/mol. The number of carboxylic acids is 1. The van der Waals surface area contributed by atoms with Gasteiger partial charge in [0.2, 0.25) is 10.0 Å². The molecule has 2 atom stereocenters. The molecule has 20 heavy (non-hydrogen) atoms. The Balaban J connectivity index is 2.57. The summed E-state index contributed by atoms with van der Waals surface area (Å²) < 4.78 is 22.7. The molecule has 1 aromatic carbocycles. The first-order chi connectivity index (χ1) is 9.21. The lowest BCUT2D eigenvalue weighted by Crippen LogP contribution is -2.34. The first-order valence-corrected chi connectivity index (χ1v) is 7.95. The quantitative estimate of drug-likeness (QED) is 0.878. The zero-order valence-electron chi connectivity index (χ0n) is 11.4. The molecule has 1 fully saturated rings. The fraction of sp³-hybridized carbons (Fsp3) is 0.462. The van der Waals surface area contributed by atoms with Crippen LogP contribution in [-0.2, 0) is 10.0 Å². The summed E-state index contributed by atoms with van der Waals surface area (Å²) >= 11 is 0. The number of hydrogen-bond donors (Lipinski definition) is 2. The maximum atomic E-state index is 11.4. The van der Waals surface area contributed by atoms with Crippen LogP contribution in [0.1, 0.15) is 37.0 Å². The number of anilines is 1. The van der Waals surface area contributed by atoms with Crippen molar-refractivity contribution in [3.05, 3.63) is 23.8 Å². The molecule has 6 nitrogen and oxygen atoms in total. The molecule has 0 bridgehead atoms. The number of primary sulfonamides is 1. The molecule has 1 aromatic rings. The van der Waals surface area contributed by atoms with Gasteiger partial charge in [0.15, 0.2) is 0 Å². The zero-order chi connectivity index (χ0) is 15.1. The second-order valence-corrected chi connectivity index (χ2v) is 6.77. The number of benzene rings is 1. The van der Waals surface area contributed by atoms with Gasteiger partial charge < -0.3 is 10.0 Å². The van der Waals surface area contributed by atoms with E-state index in [1.807, 2.05) is 18.7 Å². The molecule has 0 saturated carbocycles. The Morgan fingerprint density at radius 1 is 1.30 bits per heavy atom. The van der Waals surface area contributed by atoms with Crippen molar-refractivity contribution in [2.75, 3.05) is 4.90 Å². The number of aromatic carboxylic acids is 1. The largest absolute Gasteiger partial charge is 0.478 e. The molecular weight excluding hydrogens is 280 g/mol. The van der Waals surface area contributed by atoms with Gasteiger partial charge in [0, 0.05) is 12.1 Å². The summed E-state index contributed by atoms with van der Waals surface area (Å²) in [6, 6.07) is 4.47. The molecule has 2 rings (SSSR count). The van der Waals surface area contributed by atoms with Crippen molar-refractivity contribution in [3.8, 4) is 0 Å². The number of rotatable bonds is 3. The van der Waals surface area contributed by atoms with Crippen LogP contribution in [0.25, 0.3) is 0 Å². The van der Waals surface area contributed by atoms with Crippen LogP contribution in [0.15, 0.2) is 23.1 Å². The number of nitrogens with zero attached hydrogens (tertiary/aromatic N) is 1. The van der Waals surface area contributed by atoms with E-state index < -0.39 is 16.0 Å². The highest BCUT2D eigenvalue weighted by molar-refractivity contribution is 7.89. The van der Waals surface area contributed by atoms with Crippen molar-refractivity contribution >= 4 is 21.7 Å². The third kappa shape index (κ3) is 2.64. The molecule has 0 aromatic heterocycles. The first kappa shape index (κ1) is 14.8. The van der Waals surface area contributed by atoms with Gasteiger partial charge in [0.25, 0.3) is 0 Å². The van der Waals surface area contributed by atoms with E-state index in [4.69, 9.17) is 5.14 Å². The topological polar surface area (TPSA) is 101 Å². The average molecular weight is 298 g/mol. The fourth-order valence-corrected chi connectivity index (χ4v) is 3.30. The van der Waals surface area contributed by atoms with E-state index >= 15 is 0 Å². The SMILES string of the molecule is CC1CCC(C)N1c1ccc(S(N)(=O)=O)cc1C(=O)O. The number of hydrogen-bond acceptors (Lipinski definition) is 4. The van der Waals surface area contributed by atoms with Crippen LogP contribution in [0.3, 0.4) is 0 Å².